The number of amides is 1. The van der Waals surface area contributed by atoms with E-state index in [0.29, 0.717) is 41.2 Å². The number of nitrogens with zero attached hydrogens (tertiary/aromatic N) is 5. The van der Waals surface area contributed by atoms with Crippen LogP contribution in [0.2, 0.25) is 10.2 Å². The van der Waals surface area contributed by atoms with E-state index in [1.165, 1.54) is 0 Å². The average Bonchev–Trinajstić information content (AvgIpc) is 3.23. The molecule has 2 atom stereocenters. The van der Waals surface area contributed by atoms with Gasteiger partial charge in [-0.2, -0.15) is 0 Å². The first-order chi connectivity index (χ1) is 19.4. The second-order valence-electron chi connectivity index (χ2n) is 10.6. The van der Waals surface area contributed by atoms with Gasteiger partial charge in [-0.15, -0.1) is 10.2 Å². The SMILES string of the molecule is Nc1nnc(Cl)cc1N1C[C@H]2CC[C@@H](C1)N2c1cc(Cl)cc(OC2CCN(C(=O)OCc3ccccc3)CC2)c1. The van der Waals surface area contributed by atoms with Gasteiger partial charge in [-0.1, -0.05) is 53.5 Å². The first-order valence-corrected chi connectivity index (χ1v) is 14.4. The van der Waals surface area contributed by atoms with E-state index in [2.05, 4.69) is 26.1 Å². The summed E-state index contributed by atoms with van der Waals surface area (Å²) < 4.78 is 11.9. The van der Waals surface area contributed by atoms with Crippen molar-refractivity contribution >= 4 is 46.5 Å². The van der Waals surface area contributed by atoms with Crippen LogP contribution in [0.25, 0.3) is 0 Å². The summed E-state index contributed by atoms with van der Waals surface area (Å²) in [6.07, 6.45) is 3.34. The highest BCUT2D eigenvalue weighted by atomic mass is 35.5. The number of benzene rings is 2. The Morgan fingerprint density at radius 3 is 2.40 bits per heavy atom. The molecule has 6 rings (SSSR count). The third-order valence-electron chi connectivity index (χ3n) is 7.96. The van der Waals surface area contributed by atoms with E-state index in [4.69, 9.17) is 38.4 Å². The van der Waals surface area contributed by atoms with Gasteiger partial charge < -0.3 is 29.9 Å². The van der Waals surface area contributed by atoms with Gasteiger partial charge in [0.15, 0.2) is 11.0 Å². The molecule has 0 saturated carbocycles. The van der Waals surface area contributed by atoms with Crippen molar-refractivity contribution in [2.75, 3.05) is 41.7 Å². The molecule has 0 aliphatic carbocycles. The van der Waals surface area contributed by atoms with Crippen LogP contribution >= 0.6 is 23.2 Å². The van der Waals surface area contributed by atoms with Crippen LogP contribution in [0.1, 0.15) is 31.2 Å². The maximum absolute atomic E-state index is 12.5. The predicted octanol–water partition coefficient (Wildman–Crippen LogP) is 5.40. The van der Waals surface area contributed by atoms with Crippen molar-refractivity contribution in [2.24, 2.45) is 0 Å². The highest BCUT2D eigenvalue weighted by Crippen LogP contribution is 2.40. The predicted molar refractivity (Wildman–Crippen MR) is 156 cm³/mol. The Balaban J connectivity index is 1.06. The van der Waals surface area contributed by atoms with Crippen LogP contribution in [0, 0.1) is 0 Å². The summed E-state index contributed by atoms with van der Waals surface area (Å²) in [6, 6.07) is 18.1. The summed E-state index contributed by atoms with van der Waals surface area (Å²) in [5.74, 6) is 1.15. The molecule has 0 unspecified atom stereocenters. The van der Waals surface area contributed by atoms with Gasteiger partial charge >= 0.3 is 6.09 Å². The van der Waals surface area contributed by atoms with E-state index in [0.717, 1.165) is 61.5 Å². The lowest BCUT2D eigenvalue weighted by Gasteiger charge is -2.43. The van der Waals surface area contributed by atoms with Crippen molar-refractivity contribution in [1.29, 1.82) is 0 Å². The van der Waals surface area contributed by atoms with Gasteiger partial charge in [0.25, 0.3) is 0 Å². The second kappa shape index (κ2) is 11.6. The maximum atomic E-state index is 12.5. The molecule has 3 aromatic rings. The van der Waals surface area contributed by atoms with Crippen LogP contribution in [0.3, 0.4) is 0 Å². The molecule has 1 aromatic heterocycles. The number of hydrogen-bond acceptors (Lipinski definition) is 8. The van der Waals surface area contributed by atoms with Crippen LogP contribution in [0.15, 0.2) is 54.6 Å². The van der Waals surface area contributed by atoms with Crippen molar-refractivity contribution in [2.45, 2.75) is 50.5 Å². The van der Waals surface area contributed by atoms with Crippen molar-refractivity contribution in [1.82, 2.24) is 15.1 Å². The summed E-state index contributed by atoms with van der Waals surface area (Å²) in [7, 11) is 0. The molecule has 2 aromatic carbocycles. The van der Waals surface area contributed by atoms with E-state index < -0.39 is 0 Å². The highest BCUT2D eigenvalue weighted by molar-refractivity contribution is 6.31. The summed E-state index contributed by atoms with van der Waals surface area (Å²) in [5, 5.41) is 8.83. The fourth-order valence-electron chi connectivity index (χ4n) is 6.07. The number of nitrogens with two attached hydrogens (primary N) is 1. The van der Waals surface area contributed by atoms with Crippen molar-refractivity contribution < 1.29 is 14.3 Å². The Kier molecular flexibility index (Phi) is 7.76. The molecule has 3 fully saturated rings. The number of ether oxygens (including phenoxy) is 2. The summed E-state index contributed by atoms with van der Waals surface area (Å²) in [6.45, 7) is 3.08. The standard InChI is InChI=1S/C29H32Cl2N6O3/c30-20-12-23(37-21-6-7-22(37)17-36(16-21)26-15-27(31)33-34-28(26)32)14-25(13-20)40-24-8-10-35(11-9-24)29(38)39-18-19-4-2-1-3-5-19/h1-5,12-15,21-22,24H,6-11,16-18H2,(H2,32,34)/t21-,22+. The summed E-state index contributed by atoms with van der Waals surface area (Å²) in [5.41, 5.74) is 9.00. The van der Waals surface area contributed by atoms with Crippen molar-refractivity contribution in [3.63, 3.8) is 0 Å². The number of fused-ring (bicyclic) bond motifs is 2. The van der Waals surface area contributed by atoms with E-state index in [-0.39, 0.29) is 18.8 Å². The van der Waals surface area contributed by atoms with E-state index >= 15 is 0 Å². The zero-order chi connectivity index (χ0) is 27.6. The quantitative estimate of drug-likeness (QED) is 0.412. The Labute approximate surface area is 243 Å². The molecule has 11 heteroatoms. The molecule has 2 bridgehead atoms. The van der Waals surface area contributed by atoms with Crippen molar-refractivity contribution in [3.05, 3.63) is 70.3 Å². The molecule has 210 valence electrons. The Morgan fingerprint density at radius 1 is 0.950 bits per heavy atom. The van der Waals surface area contributed by atoms with Gasteiger partial charge in [0, 0.05) is 73.9 Å². The maximum Gasteiger partial charge on any atom is 0.410 e. The molecule has 0 radical (unpaired) electrons. The normalized spacial score (nSPS) is 21.0. The Morgan fingerprint density at radius 2 is 1.68 bits per heavy atom. The second-order valence-corrected chi connectivity index (χ2v) is 11.4. The summed E-state index contributed by atoms with van der Waals surface area (Å²) >= 11 is 12.7. The molecule has 0 spiro atoms. The zero-order valence-corrected chi connectivity index (χ0v) is 23.6. The molecule has 3 saturated heterocycles. The third-order valence-corrected chi connectivity index (χ3v) is 8.36. The largest absolute Gasteiger partial charge is 0.490 e. The zero-order valence-electron chi connectivity index (χ0n) is 22.1. The average molecular weight is 584 g/mol. The van der Waals surface area contributed by atoms with Gasteiger partial charge in [0.05, 0.1) is 5.69 Å². The molecule has 3 aliphatic rings. The smallest absolute Gasteiger partial charge is 0.410 e. The Bertz CT molecular complexity index is 1340. The minimum atomic E-state index is -0.284. The lowest BCUT2D eigenvalue weighted by molar-refractivity contribution is 0.0638. The molecule has 1 amide bonds. The number of piperidine rings is 1. The number of rotatable bonds is 6. The number of carbonyl (C=O) groups is 1. The lowest BCUT2D eigenvalue weighted by atomic mass is 10.1. The van der Waals surface area contributed by atoms with Gasteiger partial charge in [0.1, 0.15) is 18.5 Å². The van der Waals surface area contributed by atoms with Gasteiger partial charge in [0.2, 0.25) is 0 Å². The van der Waals surface area contributed by atoms with E-state index in [1.54, 1.807) is 11.0 Å². The molecule has 9 nitrogen and oxygen atoms in total. The highest BCUT2D eigenvalue weighted by Gasteiger charge is 2.41. The molecular weight excluding hydrogens is 551 g/mol. The molecule has 2 N–H and O–H groups in total. The fraction of sp³-hybridized carbons (Fsp3) is 0.414. The number of aromatic nitrogens is 2. The lowest BCUT2D eigenvalue weighted by Crippen LogP contribution is -2.54. The number of hydrogen-bond donors (Lipinski definition) is 1. The minimum absolute atomic E-state index is 0.00460. The van der Waals surface area contributed by atoms with Gasteiger partial charge in [-0.3, -0.25) is 0 Å². The van der Waals surface area contributed by atoms with Crippen LogP contribution in [0.5, 0.6) is 5.75 Å². The van der Waals surface area contributed by atoms with Crippen LogP contribution < -0.4 is 20.3 Å². The van der Waals surface area contributed by atoms with E-state index in [9.17, 15) is 4.79 Å². The minimum Gasteiger partial charge on any atom is -0.490 e. The topological polar surface area (TPSA) is 97.0 Å². The van der Waals surface area contributed by atoms with E-state index in [1.807, 2.05) is 42.5 Å². The fourth-order valence-corrected chi connectivity index (χ4v) is 6.43. The van der Waals surface area contributed by atoms with Gasteiger partial charge in [-0.25, -0.2) is 4.79 Å². The number of nitrogen functional groups attached to an aromatic ring is 1. The molecule has 4 heterocycles. The summed E-state index contributed by atoms with van der Waals surface area (Å²) in [4.78, 5) is 19.0. The number of likely N-dealkylation sites (tertiary alicyclic amines) is 1. The first kappa shape index (κ1) is 26.8. The number of halogens is 2. The van der Waals surface area contributed by atoms with Crippen LogP contribution in [-0.2, 0) is 11.3 Å². The Hall–Kier alpha value is -3.43. The number of carbonyl (C=O) groups excluding carboxylic acids is 1. The van der Waals surface area contributed by atoms with Crippen LogP contribution in [0.4, 0.5) is 22.0 Å². The number of anilines is 3. The molecule has 3 aliphatic heterocycles. The third kappa shape index (κ3) is 5.86. The van der Waals surface area contributed by atoms with Crippen molar-refractivity contribution in [3.8, 4) is 5.75 Å². The molecule has 40 heavy (non-hydrogen) atoms. The van der Waals surface area contributed by atoms with Gasteiger partial charge in [-0.05, 0) is 30.5 Å². The van der Waals surface area contributed by atoms with Crippen LogP contribution in [-0.4, -0.2) is 65.6 Å². The first-order valence-electron chi connectivity index (χ1n) is 13.7. The molecular formula is C29H32Cl2N6O3. The number of piperazine rings is 1. The monoisotopic (exact) mass is 582 g/mol.